The van der Waals surface area contributed by atoms with Crippen LogP contribution in [0.2, 0.25) is 5.22 Å². The number of amides is 2. The number of carbonyl (C=O) groups is 2. The molecule has 0 saturated heterocycles. The molecule has 0 aliphatic heterocycles. The molecule has 0 spiro atoms. The van der Waals surface area contributed by atoms with Crippen LogP contribution in [0.1, 0.15) is 30.8 Å². The summed E-state index contributed by atoms with van der Waals surface area (Å²) >= 11 is 5.54. The molecule has 0 fully saturated rings. The summed E-state index contributed by atoms with van der Waals surface area (Å²) in [6, 6.07) is 2.93. The Labute approximate surface area is 97.9 Å². The summed E-state index contributed by atoms with van der Waals surface area (Å²) in [5, 5.41) is 2.76. The van der Waals surface area contributed by atoms with Crippen LogP contribution in [0.15, 0.2) is 16.5 Å². The van der Waals surface area contributed by atoms with Crippen LogP contribution in [0, 0.1) is 0 Å². The zero-order valence-corrected chi connectivity index (χ0v) is 9.80. The van der Waals surface area contributed by atoms with E-state index in [9.17, 15) is 9.59 Å². The Hall–Kier alpha value is -1.49. The van der Waals surface area contributed by atoms with Gasteiger partial charge in [-0.15, -0.1) is 0 Å². The highest BCUT2D eigenvalue weighted by atomic mass is 35.5. The highest BCUT2D eigenvalue weighted by Crippen LogP contribution is 2.15. The third-order valence-corrected chi connectivity index (χ3v) is 2.07. The Bertz CT molecular complexity index is 412. The number of carbonyl (C=O) groups excluding carboxylic acids is 2. The fraction of sp³-hybridized carbons (Fsp3) is 0.400. The van der Waals surface area contributed by atoms with E-state index < -0.39 is 17.4 Å². The van der Waals surface area contributed by atoms with E-state index in [0.29, 0.717) is 0 Å². The van der Waals surface area contributed by atoms with Gasteiger partial charge in [-0.2, -0.15) is 0 Å². The van der Waals surface area contributed by atoms with Crippen molar-refractivity contribution in [2.24, 2.45) is 5.73 Å². The Morgan fingerprint density at radius 2 is 2.12 bits per heavy atom. The predicted octanol–water partition coefficient (Wildman–Crippen LogP) is 1.32. The van der Waals surface area contributed by atoms with E-state index in [0.717, 1.165) is 0 Å². The van der Waals surface area contributed by atoms with Gasteiger partial charge in [-0.1, -0.05) is 0 Å². The van der Waals surface area contributed by atoms with Gasteiger partial charge in [-0.25, -0.2) is 0 Å². The van der Waals surface area contributed by atoms with Gasteiger partial charge in [-0.3, -0.25) is 9.59 Å². The second kappa shape index (κ2) is 4.57. The largest absolute Gasteiger partial charge is 0.440 e. The Kier molecular flexibility index (Phi) is 3.59. The van der Waals surface area contributed by atoms with Gasteiger partial charge in [0.15, 0.2) is 11.0 Å². The zero-order valence-electron chi connectivity index (χ0n) is 9.04. The fourth-order valence-corrected chi connectivity index (χ4v) is 1.43. The second-order valence-electron chi connectivity index (χ2n) is 4.08. The Morgan fingerprint density at radius 1 is 1.50 bits per heavy atom. The number of primary amides is 1. The van der Waals surface area contributed by atoms with E-state index in [1.807, 2.05) is 0 Å². The molecule has 0 saturated carbocycles. The summed E-state index contributed by atoms with van der Waals surface area (Å²) in [6.07, 6.45) is 0.0488. The smallest absolute Gasteiger partial charge is 0.287 e. The van der Waals surface area contributed by atoms with Crippen LogP contribution in [0.3, 0.4) is 0 Å². The molecule has 1 aromatic heterocycles. The van der Waals surface area contributed by atoms with Crippen LogP contribution in [-0.2, 0) is 4.79 Å². The van der Waals surface area contributed by atoms with Gasteiger partial charge in [0.25, 0.3) is 5.91 Å². The molecule has 0 unspecified atom stereocenters. The first-order valence-electron chi connectivity index (χ1n) is 4.66. The molecule has 6 heteroatoms. The van der Waals surface area contributed by atoms with Gasteiger partial charge < -0.3 is 15.5 Å². The average molecular weight is 245 g/mol. The van der Waals surface area contributed by atoms with Crippen LogP contribution < -0.4 is 11.1 Å². The number of furan rings is 1. The molecule has 5 nitrogen and oxygen atoms in total. The van der Waals surface area contributed by atoms with Crippen LogP contribution in [0.5, 0.6) is 0 Å². The lowest BCUT2D eigenvalue weighted by Gasteiger charge is -2.23. The lowest BCUT2D eigenvalue weighted by molar-refractivity contribution is -0.119. The van der Waals surface area contributed by atoms with Crippen molar-refractivity contribution in [1.29, 1.82) is 0 Å². The minimum Gasteiger partial charge on any atom is -0.440 e. The number of hydrogen-bond donors (Lipinski definition) is 2. The maximum atomic E-state index is 11.6. The van der Waals surface area contributed by atoms with Crippen LogP contribution in [-0.4, -0.2) is 17.4 Å². The molecular formula is C10H13ClN2O3. The van der Waals surface area contributed by atoms with Crippen molar-refractivity contribution in [3.63, 3.8) is 0 Å². The van der Waals surface area contributed by atoms with Gasteiger partial charge in [0.05, 0.1) is 0 Å². The lowest BCUT2D eigenvalue weighted by atomic mass is 10.0. The summed E-state index contributed by atoms with van der Waals surface area (Å²) in [7, 11) is 0. The molecule has 0 bridgehead atoms. The summed E-state index contributed by atoms with van der Waals surface area (Å²) in [5.74, 6) is -0.816. The molecule has 0 atom stereocenters. The van der Waals surface area contributed by atoms with E-state index in [1.54, 1.807) is 13.8 Å². The van der Waals surface area contributed by atoms with Crippen molar-refractivity contribution in [2.45, 2.75) is 25.8 Å². The van der Waals surface area contributed by atoms with E-state index >= 15 is 0 Å². The van der Waals surface area contributed by atoms with E-state index in [2.05, 4.69) is 5.32 Å². The molecule has 1 aromatic rings. The van der Waals surface area contributed by atoms with Crippen molar-refractivity contribution < 1.29 is 14.0 Å². The van der Waals surface area contributed by atoms with Crippen molar-refractivity contribution in [2.75, 3.05) is 0 Å². The van der Waals surface area contributed by atoms with Gasteiger partial charge >= 0.3 is 0 Å². The van der Waals surface area contributed by atoms with E-state index in [4.69, 9.17) is 21.8 Å². The SMILES string of the molecule is CC(C)(CC(N)=O)NC(=O)c1ccc(Cl)o1. The quantitative estimate of drug-likeness (QED) is 0.838. The molecule has 2 amide bonds. The van der Waals surface area contributed by atoms with Crippen molar-refractivity contribution in [3.05, 3.63) is 23.1 Å². The molecule has 16 heavy (non-hydrogen) atoms. The van der Waals surface area contributed by atoms with Crippen LogP contribution in [0.4, 0.5) is 0 Å². The van der Waals surface area contributed by atoms with Crippen molar-refractivity contribution >= 4 is 23.4 Å². The third kappa shape index (κ3) is 3.58. The highest BCUT2D eigenvalue weighted by Gasteiger charge is 2.24. The van der Waals surface area contributed by atoms with E-state index in [-0.39, 0.29) is 17.4 Å². The van der Waals surface area contributed by atoms with Crippen molar-refractivity contribution in [3.8, 4) is 0 Å². The number of hydrogen-bond acceptors (Lipinski definition) is 3. The first-order chi connectivity index (χ1) is 7.30. The van der Waals surface area contributed by atoms with E-state index in [1.165, 1.54) is 12.1 Å². The number of nitrogens with one attached hydrogen (secondary N) is 1. The molecule has 1 rings (SSSR count). The lowest BCUT2D eigenvalue weighted by Crippen LogP contribution is -2.45. The normalized spacial score (nSPS) is 11.2. The van der Waals surface area contributed by atoms with Gasteiger partial charge in [0.1, 0.15) is 0 Å². The van der Waals surface area contributed by atoms with Gasteiger partial charge in [0.2, 0.25) is 5.91 Å². The monoisotopic (exact) mass is 244 g/mol. The Balaban J connectivity index is 2.67. The molecule has 0 radical (unpaired) electrons. The topological polar surface area (TPSA) is 85.3 Å². The summed E-state index contributed by atoms with van der Waals surface area (Å²) in [6.45, 7) is 3.39. The number of rotatable bonds is 4. The zero-order chi connectivity index (χ0) is 12.3. The average Bonchev–Trinajstić information content (AvgIpc) is 2.47. The standard InChI is InChI=1S/C10H13ClN2O3/c1-10(2,5-8(12)14)13-9(15)6-3-4-7(11)16-6/h3-4H,5H2,1-2H3,(H2,12,14)(H,13,15). The van der Waals surface area contributed by atoms with Crippen molar-refractivity contribution in [1.82, 2.24) is 5.32 Å². The third-order valence-electron chi connectivity index (χ3n) is 1.87. The van der Waals surface area contributed by atoms with Gasteiger partial charge in [0, 0.05) is 12.0 Å². The minimum atomic E-state index is -0.720. The summed E-state index contributed by atoms with van der Waals surface area (Å²) in [5.41, 5.74) is 4.34. The molecule has 1 heterocycles. The Morgan fingerprint density at radius 3 is 2.56 bits per heavy atom. The maximum Gasteiger partial charge on any atom is 0.287 e. The first-order valence-corrected chi connectivity index (χ1v) is 5.04. The molecule has 88 valence electrons. The molecule has 0 aliphatic rings. The molecule has 0 aliphatic carbocycles. The molecule has 0 aromatic carbocycles. The number of halogens is 1. The summed E-state index contributed by atoms with van der Waals surface area (Å²) in [4.78, 5) is 22.4. The first kappa shape index (κ1) is 12.6. The highest BCUT2D eigenvalue weighted by molar-refractivity contribution is 6.29. The van der Waals surface area contributed by atoms with Crippen LogP contribution in [0.25, 0.3) is 0 Å². The molecular weight excluding hydrogens is 232 g/mol. The minimum absolute atomic E-state index is 0.0488. The summed E-state index contributed by atoms with van der Waals surface area (Å²) < 4.78 is 4.93. The maximum absolute atomic E-state index is 11.6. The second-order valence-corrected chi connectivity index (χ2v) is 4.46. The number of nitrogens with two attached hydrogens (primary N) is 1. The molecule has 3 N–H and O–H groups in total. The fourth-order valence-electron chi connectivity index (χ4n) is 1.29. The van der Waals surface area contributed by atoms with Crippen LogP contribution >= 0.6 is 11.6 Å². The van der Waals surface area contributed by atoms with Gasteiger partial charge in [-0.05, 0) is 37.6 Å². The predicted molar refractivity (Wildman–Crippen MR) is 59.1 cm³/mol.